The van der Waals surface area contributed by atoms with Crippen LogP contribution in [0, 0.1) is 11.6 Å². The summed E-state index contributed by atoms with van der Waals surface area (Å²) in [5.74, 6) is -1.75. The molecule has 0 radical (unpaired) electrons. The van der Waals surface area contributed by atoms with Gasteiger partial charge in [-0.2, -0.15) is 4.39 Å². The van der Waals surface area contributed by atoms with Crippen LogP contribution in [-0.2, 0) is 0 Å². The standard InChI is InChI=1S/C16H16F2O3/c1-2-20-14-8-4-3-6-11(14)13(19)10-21-15-9-5-7-12(17)16(15)18/h3-9,13,19H,2,10H2,1H3. The van der Waals surface area contributed by atoms with Crippen LogP contribution in [0.25, 0.3) is 0 Å². The highest BCUT2D eigenvalue weighted by atomic mass is 19.2. The van der Waals surface area contributed by atoms with Crippen LogP contribution >= 0.6 is 0 Å². The van der Waals surface area contributed by atoms with Gasteiger partial charge in [-0.05, 0) is 25.1 Å². The molecule has 2 aromatic carbocycles. The number of aliphatic hydroxyl groups is 1. The van der Waals surface area contributed by atoms with Gasteiger partial charge in [-0.25, -0.2) is 4.39 Å². The predicted molar refractivity (Wildman–Crippen MR) is 74.4 cm³/mol. The summed E-state index contributed by atoms with van der Waals surface area (Å²) in [7, 11) is 0. The maximum absolute atomic E-state index is 13.4. The number of hydrogen-bond acceptors (Lipinski definition) is 3. The predicted octanol–water partition coefficient (Wildman–Crippen LogP) is 3.48. The third-order valence-electron chi connectivity index (χ3n) is 2.89. The van der Waals surface area contributed by atoms with E-state index < -0.39 is 17.7 Å². The van der Waals surface area contributed by atoms with Crippen molar-refractivity contribution in [2.45, 2.75) is 13.0 Å². The number of ether oxygens (including phenoxy) is 2. The molecule has 2 aromatic rings. The summed E-state index contributed by atoms with van der Waals surface area (Å²) in [6, 6.07) is 10.6. The minimum absolute atomic E-state index is 0.204. The zero-order chi connectivity index (χ0) is 15.2. The molecule has 2 rings (SSSR count). The lowest BCUT2D eigenvalue weighted by Crippen LogP contribution is -2.12. The van der Waals surface area contributed by atoms with Gasteiger partial charge in [0.05, 0.1) is 6.61 Å². The lowest BCUT2D eigenvalue weighted by molar-refractivity contribution is 0.102. The van der Waals surface area contributed by atoms with Crippen LogP contribution in [0.15, 0.2) is 42.5 Å². The second kappa shape index (κ2) is 7.04. The van der Waals surface area contributed by atoms with Crippen molar-refractivity contribution in [3.8, 4) is 11.5 Å². The number of rotatable bonds is 6. The molecule has 1 unspecified atom stereocenters. The molecule has 1 atom stereocenters. The smallest absolute Gasteiger partial charge is 0.200 e. The first-order chi connectivity index (χ1) is 10.1. The number of hydrogen-bond donors (Lipinski definition) is 1. The molecule has 0 amide bonds. The molecular weight excluding hydrogens is 278 g/mol. The quantitative estimate of drug-likeness (QED) is 0.886. The molecule has 0 saturated carbocycles. The lowest BCUT2D eigenvalue weighted by Gasteiger charge is -2.16. The Balaban J connectivity index is 2.08. The Kier molecular flexibility index (Phi) is 5.11. The Morgan fingerprint density at radius 3 is 2.48 bits per heavy atom. The molecule has 0 aliphatic rings. The molecule has 0 bridgehead atoms. The van der Waals surface area contributed by atoms with Crippen molar-refractivity contribution >= 4 is 0 Å². The minimum Gasteiger partial charge on any atom is -0.493 e. The Morgan fingerprint density at radius 2 is 1.71 bits per heavy atom. The van der Waals surface area contributed by atoms with Crippen molar-refractivity contribution in [2.24, 2.45) is 0 Å². The van der Waals surface area contributed by atoms with Crippen molar-refractivity contribution < 1.29 is 23.4 Å². The summed E-state index contributed by atoms with van der Waals surface area (Å²) in [4.78, 5) is 0. The fraction of sp³-hybridized carbons (Fsp3) is 0.250. The van der Waals surface area contributed by atoms with Crippen LogP contribution in [0.2, 0.25) is 0 Å². The summed E-state index contributed by atoms with van der Waals surface area (Å²) >= 11 is 0. The highest BCUT2D eigenvalue weighted by Crippen LogP contribution is 2.26. The third-order valence-corrected chi connectivity index (χ3v) is 2.89. The Bertz CT molecular complexity index is 602. The number of benzene rings is 2. The highest BCUT2D eigenvalue weighted by Gasteiger charge is 2.16. The molecule has 0 spiro atoms. The molecule has 0 saturated heterocycles. The van der Waals surface area contributed by atoms with Gasteiger partial charge < -0.3 is 14.6 Å². The van der Waals surface area contributed by atoms with E-state index in [1.807, 2.05) is 6.92 Å². The average Bonchev–Trinajstić information content (AvgIpc) is 2.49. The molecule has 21 heavy (non-hydrogen) atoms. The fourth-order valence-corrected chi connectivity index (χ4v) is 1.90. The van der Waals surface area contributed by atoms with Crippen molar-refractivity contribution in [3.05, 3.63) is 59.7 Å². The van der Waals surface area contributed by atoms with Gasteiger partial charge >= 0.3 is 0 Å². The van der Waals surface area contributed by atoms with E-state index in [1.165, 1.54) is 12.1 Å². The van der Waals surface area contributed by atoms with E-state index in [2.05, 4.69) is 0 Å². The van der Waals surface area contributed by atoms with Gasteiger partial charge in [0, 0.05) is 5.56 Å². The third kappa shape index (κ3) is 3.70. The Hall–Kier alpha value is -2.14. The summed E-state index contributed by atoms with van der Waals surface area (Å²) in [5, 5.41) is 10.1. The van der Waals surface area contributed by atoms with Gasteiger partial charge in [0.25, 0.3) is 0 Å². The second-order valence-corrected chi connectivity index (χ2v) is 4.35. The maximum Gasteiger partial charge on any atom is 0.200 e. The molecule has 3 nitrogen and oxygen atoms in total. The first-order valence-electron chi connectivity index (χ1n) is 6.60. The molecule has 5 heteroatoms. The Labute approximate surface area is 121 Å². The summed E-state index contributed by atoms with van der Waals surface area (Å²) in [6.45, 7) is 2.09. The van der Waals surface area contributed by atoms with Crippen LogP contribution in [0.4, 0.5) is 8.78 Å². The topological polar surface area (TPSA) is 38.7 Å². The van der Waals surface area contributed by atoms with Crippen LogP contribution in [0.1, 0.15) is 18.6 Å². The van der Waals surface area contributed by atoms with Crippen molar-refractivity contribution in [2.75, 3.05) is 13.2 Å². The highest BCUT2D eigenvalue weighted by molar-refractivity contribution is 5.35. The summed E-state index contributed by atoms with van der Waals surface area (Å²) in [5.41, 5.74) is 0.538. The van der Waals surface area contributed by atoms with E-state index >= 15 is 0 Å². The number of halogens is 2. The average molecular weight is 294 g/mol. The first kappa shape index (κ1) is 15.3. The summed E-state index contributed by atoms with van der Waals surface area (Å²) < 4.78 is 37.1. The normalized spacial score (nSPS) is 12.0. The van der Waals surface area contributed by atoms with Crippen molar-refractivity contribution in [3.63, 3.8) is 0 Å². The maximum atomic E-state index is 13.4. The molecule has 0 aliphatic carbocycles. The largest absolute Gasteiger partial charge is 0.493 e. The minimum atomic E-state index is -1.07. The van der Waals surface area contributed by atoms with Gasteiger partial charge in [-0.1, -0.05) is 24.3 Å². The zero-order valence-corrected chi connectivity index (χ0v) is 11.6. The van der Waals surface area contributed by atoms with E-state index in [9.17, 15) is 13.9 Å². The molecule has 0 aromatic heterocycles. The van der Waals surface area contributed by atoms with E-state index in [0.717, 1.165) is 6.07 Å². The fourth-order valence-electron chi connectivity index (χ4n) is 1.90. The molecule has 0 aliphatic heterocycles. The van der Waals surface area contributed by atoms with Gasteiger partial charge in [-0.3, -0.25) is 0 Å². The first-order valence-corrected chi connectivity index (χ1v) is 6.60. The van der Waals surface area contributed by atoms with Crippen LogP contribution < -0.4 is 9.47 Å². The molecule has 1 N–H and O–H groups in total. The van der Waals surface area contributed by atoms with Crippen LogP contribution in [-0.4, -0.2) is 18.3 Å². The van der Waals surface area contributed by atoms with E-state index in [4.69, 9.17) is 9.47 Å². The lowest BCUT2D eigenvalue weighted by atomic mass is 10.1. The van der Waals surface area contributed by atoms with Crippen LogP contribution in [0.5, 0.6) is 11.5 Å². The summed E-state index contributed by atoms with van der Waals surface area (Å²) in [6.07, 6.45) is -1.00. The molecule has 0 fully saturated rings. The van der Waals surface area contributed by atoms with E-state index in [-0.39, 0.29) is 12.4 Å². The second-order valence-electron chi connectivity index (χ2n) is 4.35. The molecule has 112 valence electrons. The van der Waals surface area contributed by atoms with Crippen LogP contribution in [0.3, 0.4) is 0 Å². The van der Waals surface area contributed by atoms with Gasteiger partial charge in [0.1, 0.15) is 18.5 Å². The number of aliphatic hydroxyl groups excluding tert-OH is 1. The zero-order valence-electron chi connectivity index (χ0n) is 11.6. The monoisotopic (exact) mass is 294 g/mol. The van der Waals surface area contributed by atoms with Gasteiger partial charge in [0.2, 0.25) is 5.82 Å². The Morgan fingerprint density at radius 1 is 1.00 bits per heavy atom. The van der Waals surface area contributed by atoms with Gasteiger partial charge in [-0.15, -0.1) is 0 Å². The molecule has 0 heterocycles. The number of para-hydroxylation sites is 1. The van der Waals surface area contributed by atoms with E-state index in [1.54, 1.807) is 24.3 Å². The van der Waals surface area contributed by atoms with Gasteiger partial charge in [0.15, 0.2) is 11.6 Å². The van der Waals surface area contributed by atoms with Crippen molar-refractivity contribution in [1.82, 2.24) is 0 Å². The SMILES string of the molecule is CCOc1ccccc1C(O)COc1cccc(F)c1F. The van der Waals surface area contributed by atoms with Crippen molar-refractivity contribution in [1.29, 1.82) is 0 Å². The molecular formula is C16H16F2O3. The van der Waals surface area contributed by atoms with E-state index in [0.29, 0.717) is 17.9 Å².